The molecule has 0 bridgehead atoms. The summed E-state index contributed by atoms with van der Waals surface area (Å²) in [5.41, 5.74) is 0.833. The van der Waals surface area contributed by atoms with E-state index in [1.807, 2.05) is 0 Å². The Hall–Kier alpha value is -1.15. The topological polar surface area (TPSA) is 52.6 Å². The van der Waals surface area contributed by atoms with Gasteiger partial charge in [-0.3, -0.25) is 18.1 Å². The maximum Gasteiger partial charge on any atom is 0.229 e. The molecule has 4 nitrogen and oxygen atoms in total. The molecule has 0 aromatic rings. The lowest BCUT2D eigenvalue weighted by atomic mass is 10.3. The zero-order valence-corrected chi connectivity index (χ0v) is 5.71. The molecule has 5 heteroatoms. The van der Waals surface area contributed by atoms with Crippen LogP contribution in [0.1, 0.15) is 0 Å². The van der Waals surface area contributed by atoms with Gasteiger partial charge in [0.05, 0.1) is 5.56 Å². The lowest BCUT2D eigenvalue weighted by Gasteiger charge is -1.73. The maximum absolute atomic E-state index is 4.66. The van der Waals surface area contributed by atoms with Gasteiger partial charge in [-0.25, -0.2) is 0 Å². The molecule has 0 aromatic heterocycles. The van der Waals surface area contributed by atoms with Crippen LogP contribution in [0, 0.1) is 0 Å². The molecule has 0 aliphatic carbocycles. The summed E-state index contributed by atoms with van der Waals surface area (Å²) in [6.45, 7) is 0. The van der Waals surface area contributed by atoms with Crippen molar-refractivity contribution in [3.63, 3.8) is 0 Å². The van der Waals surface area contributed by atoms with Crippen LogP contribution in [0.4, 0.5) is 0 Å². The molecule has 2 heterocycles. The summed E-state index contributed by atoms with van der Waals surface area (Å²) < 4.78 is 18.4. The summed E-state index contributed by atoms with van der Waals surface area (Å²) in [5.74, 6) is 2.30. The predicted octanol–water partition coefficient (Wildman–Crippen LogP) is 2.87. The van der Waals surface area contributed by atoms with Crippen LogP contribution in [0.25, 0.3) is 11.3 Å². The smallest absolute Gasteiger partial charge is 0.229 e. The first-order valence-corrected chi connectivity index (χ1v) is 3.45. The van der Waals surface area contributed by atoms with Gasteiger partial charge in [0.25, 0.3) is 0 Å². The average Bonchev–Trinajstić information content (AvgIpc) is 2.28. The standard InChI is InChI=1S/C5H3O4P/c1-4-3-10-9-7-2-5(4)8-6-1/h1-3H. The Balaban J connectivity index is 2.74. The molecule has 2 aliphatic heterocycles. The van der Waals surface area contributed by atoms with E-state index in [0.29, 0.717) is 14.2 Å². The van der Waals surface area contributed by atoms with Gasteiger partial charge >= 0.3 is 0 Å². The fraction of sp³-hybridized carbons (Fsp3) is 0. The van der Waals surface area contributed by atoms with Gasteiger partial charge in [0.2, 0.25) is 5.76 Å². The molecule has 0 aromatic carbocycles. The molecule has 0 N–H and O–H groups in total. The number of fused-ring (bicyclic) bond motifs is 1. The SMILES string of the molecule is c1ooc2coopcc1-2. The highest BCUT2D eigenvalue weighted by atomic mass is 31.1. The molecular formula is C5H3O4P. The normalized spacial score (nSPS) is 10.8. The second-order valence-corrected chi connectivity index (χ2v) is 2.26. The Labute approximate surface area is 57.1 Å². The van der Waals surface area contributed by atoms with Crippen molar-refractivity contribution in [2.45, 2.75) is 0 Å². The quantitative estimate of drug-likeness (QED) is 0.553. The molecule has 0 atom stereocenters. The first kappa shape index (κ1) is 5.62. The second-order valence-electron chi connectivity index (χ2n) is 1.64. The van der Waals surface area contributed by atoms with E-state index in [-0.39, 0.29) is 0 Å². The molecular weight excluding hydrogens is 155 g/mol. The Morgan fingerprint density at radius 3 is 3.20 bits per heavy atom. The van der Waals surface area contributed by atoms with Crippen molar-refractivity contribution in [2.24, 2.45) is 0 Å². The van der Waals surface area contributed by atoms with Crippen LogP contribution in [-0.2, 0) is 0 Å². The van der Waals surface area contributed by atoms with E-state index in [1.54, 1.807) is 5.80 Å². The third-order valence-corrected chi connectivity index (χ3v) is 1.59. The molecule has 10 heavy (non-hydrogen) atoms. The number of hydrogen-bond donors (Lipinski definition) is 0. The number of hydrogen-bond acceptors (Lipinski definition) is 4. The average molecular weight is 158 g/mol. The summed E-state index contributed by atoms with van der Waals surface area (Å²) >= 11 is 0. The van der Waals surface area contributed by atoms with Crippen LogP contribution in [0.5, 0.6) is 0 Å². The van der Waals surface area contributed by atoms with E-state index >= 15 is 0 Å². The first-order valence-electron chi connectivity index (χ1n) is 2.57. The highest BCUT2D eigenvalue weighted by Gasteiger charge is 2.05. The number of rotatable bonds is 0. The van der Waals surface area contributed by atoms with Crippen molar-refractivity contribution < 1.29 is 18.1 Å². The summed E-state index contributed by atoms with van der Waals surface area (Å²) in [7, 11) is 0.622. The van der Waals surface area contributed by atoms with Crippen molar-refractivity contribution in [2.75, 3.05) is 0 Å². The van der Waals surface area contributed by atoms with E-state index in [4.69, 9.17) is 0 Å². The van der Waals surface area contributed by atoms with Crippen LogP contribution in [0.2, 0.25) is 0 Å². The van der Waals surface area contributed by atoms with E-state index in [2.05, 4.69) is 18.1 Å². The summed E-state index contributed by atoms with van der Waals surface area (Å²) in [6.07, 6.45) is 2.83. The highest BCUT2D eigenvalue weighted by Crippen LogP contribution is 2.23. The molecule has 0 spiro atoms. The van der Waals surface area contributed by atoms with Gasteiger partial charge in [0, 0.05) is 5.80 Å². The zero-order valence-electron chi connectivity index (χ0n) is 4.81. The van der Waals surface area contributed by atoms with Crippen molar-refractivity contribution in [3.05, 3.63) is 18.3 Å². The molecule has 52 valence electrons. The van der Waals surface area contributed by atoms with E-state index < -0.39 is 0 Å². The third-order valence-electron chi connectivity index (χ3n) is 1.03. The summed E-state index contributed by atoms with van der Waals surface area (Å²) in [4.78, 5) is 0. The van der Waals surface area contributed by atoms with Gasteiger partial charge in [-0.2, -0.15) is 0 Å². The largest absolute Gasteiger partial charge is 0.297 e. The Bertz CT molecular complexity index is 285. The van der Waals surface area contributed by atoms with Crippen LogP contribution in [0.3, 0.4) is 0 Å². The highest BCUT2D eigenvalue weighted by molar-refractivity contribution is 7.22. The van der Waals surface area contributed by atoms with Crippen molar-refractivity contribution in [3.8, 4) is 11.3 Å². The molecule has 0 amide bonds. The minimum absolute atomic E-state index is 0.532. The van der Waals surface area contributed by atoms with Gasteiger partial charge < -0.3 is 0 Å². The maximum atomic E-state index is 4.66. The van der Waals surface area contributed by atoms with Crippen molar-refractivity contribution in [1.29, 1.82) is 0 Å². The van der Waals surface area contributed by atoms with Crippen LogP contribution in [-0.4, -0.2) is 0 Å². The van der Waals surface area contributed by atoms with E-state index in [1.165, 1.54) is 12.5 Å². The lowest BCUT2D eigenvalue weighted by molar-refractivity contribution is 0.0587. The van der Waals surface area contributed by atoms with Crippen molar-refractivity contribution >= 4 is 8.43 Å². The molecule has 2 rings (SSSR count). The minimum atomic E-state index is 0.532. The van der Waals surface area contributed by atoms with Gasteiger partial charge in [-0.05, 0) is 0 Å². The second kappa shape index (κ2) is 2.23. The Kier molecular flexibility index (Phi) is 1.25. The van der Waals surface area contributed by atoms with E-state index in [0.717, 1.165) is 5.56 Å². The molecule has 0 fully saturated rings. The molecule has 2 aliphatic rings. The van der Waals surface area contributed by atoms with Gasteiger partial charge in [0.15, 0.2) is 21.0 Å². The lowest BCUT2D eigenvalue weighted by Crippen LogP contribution is -1.59. The predicted molar refractivity (Wildman–Crippen MR) is 32.3 cm³/mol. The monoisotopic (exact) mass is 158 g/mol. The minimum Gasteiger partial charge on any atom is -0.297 e. The fourth-order valence-electron chi connectivity index (χ4n) is 0.584. The summed E-state index contributed by atoms with van der Waals surface area (Å²) in [5, 5.41) is 0. The summed E-state index contributed by atoms with van der Waals surface area (Å²) in [6, 6.07) is 0. The van der Waals surface area contributed by atoms with Gasteiger partial charge in [-0.15, -0.1) is 0 Å². The molecule has 0 saturated heterocycles. The Morgan fingerprint density at radius 1 is 1.20 bits per heavy atom. The molecule has 0 unspecified atom stereocenters. The van der Waals surface area contributed by atoms with Gasteiger partial charge in [0.1, 0.15) is 0 Å². The molecule has 0 saturated carbocycles. The Morgan fingerprint density at radius 2 is 2.20 bits per heavy atom. The van der Waals surface area contributed by atoms with Crippen LogP contribution in [0.15, 0.2) is 36.4 Å². The zero-order chi connectivity index (χ0) is 6.81. The molecule has 0 radical (unpaired) electrons. The van der Waals surface area contributed by atoms with E-state index in [9.17, 15) is 0 Å². The van der Waals surface area contributed by atoms with Gasteiger partial charge in [-0.1, -0.05) is 0 Å². The van der Waals surface area contributed by atoms with Crippen LogP contribution < -0.4 is 0 Å². The third kappa shape index (κ3) is 0.826. The first-order chi connectivity index (χ1) is 4.97. The van der Waals surface area contributed by atoms with Crippen molar-refractivity contribution in [1.82, 2.24) is 0 Å². The fourth-order valence-corrected chi connectivity index (χ4v) is 1.02. The van der Waals surface area contributed by atoms with Crippen LogP contribution >= 0.6 is 8.43 Å².